The molecule has 0 amide bonds. The first-order valence-corrected chi connectivity index (χ1v) is 2.74. The molecule has 0 spiro atoms. The lowest BCUT2D eigenvalue weighted by Crippen LogP contribution is -1.92. The molecular formula is C6H8O4. The second-order valence-electron chi connectivity index (χ2n) is 1.67. The Hall–Kier alpha value is -1.32. The molecule has 0 rings (SSSR count). The summed E-state index contributed by atoms with van der Waals surface area (Å²) in [7, 11) is 0. The van der Waals surface area contributed by atoms with Gasteiger partial charge in [0.1, 0.15) is 0 Å². The predicted octanol–water partition coefficient (Wildman–Crippen LogP) is 0.492. The summed E-state index contributed by atoms with van der Waals surface area (Å²) in [5, 5.41) is 16.1. The lowest BCUT2D eigenvalue weighted by atomic mass is 10.3. The largest absolute Gasteiger partial charge is 0.481 e. The van der Waals surface area contributed by atoms with Crippen LogP contribution in [0.15, 0.2) is 12.2 Å². The zero-order valence-corrected chi connectivity index (χ0v) is 5.28. The Kier molecular flexibility index (Phi) is 3.95. The van der Waals surface area contributed by atoms with Crippen molar-refractivity contribution in [3.05, 3.63) is 12.2 Å². The summed E-state index contributed by atoms with van der Waals surface area (Å²) in [5.41, 5.74) is 0. The topological polar surface area (TPSA) is 74.6 Å². The fourth-order valence-corrected chi connectivity index (χ4v) is 0.391. The lowest BCUT2D eigenvalue weighted by molar-refractivity contribution is -0.137. The first-order valence-electron chi connectivity index (χ1n) is 2.74. The molecule has 4 nitrogen and oxygen atoms in total. The third-order valence-corrected chi connectivity index (χ3v) is 0.785. The fraction of sp³-hybridized carbons (Fsp3) is 0.333. The molecule has 0 aromatic heterocycles. The number of hydrogen-bond donors (Lipinski definition) is 2. The minimum absolute atomic E-state index is 0.0240. The summed E-state index contributed by atoms with van der Waals surface area (Å²) >= 11 is 0. The Morgan fingerprint density at radius 3 is 2.30 bits per heavy atom. The minimum Gasteiger partial charge on any atom is -0.481 e. The molecule has 0 bridgehead atoms. The highest BCUT2D eigenvalue weighted by Crippen LogP contribution is 1.89. The fourth-order valence-electron chi connectivity index (χ4n) is 0.391. The Labute approximate surface area is 57.8 Å². The number of allylic oxidation sites excluding steroid dienone is 1. The van der Waals surface area contributed by atoms with Crippen LogP contribution >= 0.6 is 0 Å². The number of hydrogen-bond acceptors (Lipinski definition) is 2. The highest BCUT2D eigenvalue weighted by molar-refractivity contribution is 5.79. The molecule has 0 saturated carbocycles. The van der Waals surface area contributed by atoms with E-state index in [0.29, 0.717) is 0 Å². The Bertz CT molecular complexity index is 159. The molecule has 56 valence electrons. The molecule has 0 radical (unpaired) electrons. The third-order valence-electron chi connectivity index (χ3n) is 0.785. The monoisotopic (exact) mass is 144 g/mol. The molecule has 0 aliphatic rings. The van der Waals surface area contributed by atoms with Crippen LogP contribution in [0.1, 0.15) is 12.8 Å². The van der Waals surface area contributed by atoms with Gasteiger partial charge in [-0.1, -0.05) is 6.08 Å². The van der Waals surface area contributed by atoms with E-state index in [1.807, 2.05) is 0 Å². The number of carboxylic acid groups (broad SMARTS) is 2. The van der Waals surface area contributed by atoms with Crippen LogP contribution in [-0.4, -0.2) is 22.2 Å². The second-order valence-corrected chi connectivity index (χ2v) is 1.67. The summed E-state index contributed by atoms with van der Waals surface area (Å²) in [6.45, 7) is 0. The van der Waals surface area contributed by atoms with Crippen molar-refractivity contribution in [1.82, 2.24) is 0 Å². The van der Waals surface area contributed by atoms with Gasteiger partial charge in [-0.2, -0.15) is 0 Å². The molecule has 0 aliphatic carbocycles. The first kappa shape index (κ1) is 8.68. The number of carboxylic acids is 2. The maximum Gasteiger partial charge on any atom is 0.327 e. The van der Waals surface area contributed by atoms with Crippen molar-refractivity contribution in [2.75, 3.05) is 0 Å². The third kappa shape index (κ3) is 6.68. The van der Waals surface area contributed by atoms with Gasteiger partial charge in [0.05, 0.1) is 0 Å². The number of aliphatic carboxylic acids is 2. The lowest BCUT2D eigenvalue weighted by Gasteiger charge is -1.84. The van der Waals surface area contributed by atoms with E-state index in [4.69, 9.17) is 10.2 Å². The van der Waals surface area contributed by atoms with Gasteiger partial charge in [-0.25, -0.2) is 4.79 Å². The van der Waals surface area contributed by atoms with Gasteiger partial charge in [-0.05, 0) is 6.42 Å². The molecule has 0 atom stereocenters. The molecule has 0 aliphatic heterocycles. The quantitative estimate of drug-likeness (QED) is 0.563. The van der Waals surface area contributed by atoms with Crippen LogP contribution in [0.5, 0.6) is 0 Å². The van der Waals surface area contributed by atoms with Gasteiger partial charge >= 0.3 is 11.9 Å². The Morgan fingerprint density at radius 2 is 1.90 bits per heavy atom. The molecule has 2 N–H and O–H groups in total. The second kappa shape index (κ2) is 4.55. The summed E-state index contributed by atoms with van der Waals surface area (Å²) in [6.07, 6.45) is 2.49. The number of carbonyl (C=O) groups is 2. The summed E-state index contributed by atoms with van der Waals surface area (Å²) in [4.78, 5) is 19.7. The number of rotatable bonds is 4. The van der Waals surface area contributed by atoms with Gasteiger partial charge in [0.25, 0.3) is 0 Å². The van der Waals surface area contributed by atoms with Gasteiger partial charge in [0, 0.05) is 12.5 Å². The van der Waals surface area contributed by atoms with Crippen molar-refractivity contribution in [2.45, 2.75) is 12.8 Å². The van der Waals surface area contributed by atoms with Crippen molar-refractivity contribution in [3.8, 4) is 0 Å². The van der Waals surface area contributed by atoms with Gasteiger partial charge in [0.15, 0.2) is 0 Å². The van der Waals surface area contributed by atoms with Crippen molar-refractivity contribution >= 4 is 11.9 Å². The van der Waals surface area contributed by atoms with E-state index in [0.717, 1.165) is 6.08 Å². The van der Waals surface area contributed by atoms with Gasteiger partial charge in [0.2, 0.25) is 0 Å². The summed E-state index contributed by atoms with van der Waals surface area (Å²) in [5.74, 6) is -1.97. The SMILES string of the molecule is O=C(O)C=CCCC(=O)O. The predicted molar refractivity (Wildman–Crippen MR) is 33.6 cm³/mol. The molecule has 4 heteroatoms. The summed E-state index contributed by atoms with van der Waals surface area (Å²) < 4.78 is 0. The van der Waals surface area contributed by atoms with Crippen LogP contribution in [0.3, 0.4) is 0 Å². The molecule has 0 saturated heterocycles. The van der Waals surface area contributed by atoms with Crippen molar-refractivity contribution in [3.63, 3.8) is 0 Å². The van der Waals surface area contributed by atoms with E-state index < -0.39 is 11.9 Å². The van der Waals surface area contributed by atoms with Crippen molar-refractivity contribution in [2.24, 2.45) is 0 Å². The highest BCUT2D eigenvalue weighted by atomic mass is 16.4. The molecule has 0 aromatic carbocycles. The van der Waals surface area contributed by atoms with Crippen molar-refractivity contribution in [1.29, 1.82) is 0 Å². The van der Waals surface area contributed by atoms with Crippen LogP contribution in [0.2, 0.25) is 0 Å². The van der Waals surface area contributed by atoms with Crippen LogP contribution in [0.25, 0.3) is 0 Å². The van der Waals surface area contributed by atoms with Crippen molar-refractivity contribution < 1.29 is 19.8 Å². The van der Waals surface area contributed by atoms with E-state index in [9.17, 15) is 9.59 Å². The maximum absolute atomic E-state index is 9.86. The van der Waals surface area contributed by atoms with E-state index in [-0.39, 0.29) is 12.8 Å². The maximum atomic E-state index is 9.86. The standard InChI is InChI=1S/C6H8O4/c7-5(8)3-1-2-4-6(9)10/h1,3H,2,4H2,(H,7,8)(H,9,10). The van der Waals surface area contributed by atoms with E-state index in [2.05, 4.69) is 0 Å². The van der Waals surface area contributed by atoms with Gasteiger partial charge in [-0.3, -0.25) is 4.79 Å². The smallest absolute Gasteiger partial charge is 0.327 e. The zero-order valence-electron chi connectivity index (χ0n) is 5.28. The minimum atomic E-state index is -1.05. The molecule has 0 heterocycles. The van der Waals surface area contributed by atoms with E-state index >= 15 is 0 Å². The average molecular weight is 144 g/mol. The van der Waals surface area contributed by atoms with Gasteiger partial charge < -0.3 is 10.2 Å². The summed E-state index contributed by atoms with van der Waals surface area (Å²) in [6, 6.07) is 0. The Morgan fingerprint density at radius 1 is 1.30 bits per heavy atom. The van der Waals surface area contributed by atoms with Crippen LogP contribution in [0, 0.1) is 0 Å². The Balaban J connectivity index is 3.36. The highest BCUT2D eigenvalue weighted by Gasteiger charge is 1.92. The van der Waals surface area contributed by atoms with E-state index in [1.165, 1.54) is 6.08 Å². The molecular weight excluding hydrogens is 136 g/mol. The molecule has 10 heavy (non-hydrogen) atoms. The average Bonchev–Trinajstić information content (AvgIpc) is 1.79. The van der Waals surface area contributed by atoms with Gasteiger partial charge in [-0.15, -0.1) is 0 Å². The van der Waals surface area contributed by atoms with E-state index in [1.54, 1.807) is 0 Å². The normalized spacial score (nSPS) is 10.0. The molecule has 0 aromatic rings. The van der Waals surface area contributed by atoms with Crippen LogP contribution in [-0.2, 0) is 9.59 Å². The van der Waals surface area contributed by atoms with Crippen LogP contribution in [0.4, 0.5) is 0 Å². The first-order chi connectivity index (χ1) is 4.63. The van der Waals surface area contributed by atoms with Crippen LogP contribution < -0.4 is 0 Å². The molecule has 0 unspecified atom stereocenters. The zero-order chi connectivity index (χ0) is 7.98. The molecule has 0 fully saturated rings.